The van der Waals surface area contributed by atoms with Gasteiger partial charge in [0.2, 0.25) is 7.98 Å². The van der Waals surface area contributed by atoms with Gasteiger partial charge in [-0.1, -0.05) is 87.5 Å². The van der Waals surface area contributed by atoms with Gasteiger partial charge in [0, 0.05) is 70.0 Å². The SMILES string of the molecule is [2H]C([2H])([2H])c1ccc2c3c1c1ccc[c-]c1c1nc4c(n13)C(C)(CCC(C)(C)c1ccccc1-4)C2(C)C.[B]n1ccnc1-c1[c-]cccc1N(C)C.[Ir]. The number of hydrogen-bond acceptors (Lipinski definition) is 3. The normalized spacial score (nSPS) is 19.3. The van der Waals surface area contributed by atoms with E-state index in [1.165, 1.54) is 26.9 Å². The van der Waals surface area contributed by atoms with E-state index in [1.54, 1.807) is 12.4 Å². The molecule has 2 aliphatic rings. The molecule has 1 unspecified atom stereocenters. The molecule has 9 rings (SSSR count). The maximum Gasteiger partial charge on any atom is 0.222 e. The largest absolute Gasteiger partial charge is 0.426 e. The molecule has 0 N–H and O–H groups in total. The van der Waals surface area contributed by atoms with Crippen molar-refractivity contribution < 1.29 is 24.2 Å². The second-order valence-corrected chi connectivity index (χ2v) is 15.2. The Labute approximate surface area is 314 Å². The summed E-state index contributed by atoms with van der Waals surface area (Å²) in [5, 5.41) is 2.59. The summed E-state index contributed by atoms with van der Waals surface area (Å²) in [4.78, 5) is 11.6. The Kier molecular flexibility index (Phi) is 7.32. The first-order chi connectivity index (χ1) is 24.6. The number of pyridine rings is 1. The molecular formula is C43H42BIrN5-2. The van der Waals surface area contributed by atoms with Crippen molar-refractivity contribution >= 4 is 41.0 Å². The molecule has 0 amide bonds. The predicted octanol–water partition coefficient (Wildman–Crippen LogP) is 9.38. The fourth-order valence-electron chi connectivity index (χ4n) is 8.42. The summed E-state index contributed by atoms with van der Waals surface area (Å²) in [6.07, 6.45) is 5.44. The molecule has 4 heterocycles. The Balaban J connectivity index is 0.000000229. The maximum absolute atomic E-state index is 8.41. The molecule has 1 aliphatic carbocycles. The molecule has 0 spiro atoms. The number of imidazole rings is 2. The van der Waals surface area contributed by atoms with Crippen LogP contribution < -0.4 is 4.90 Å². The maximum atomic E-state index is 8.41. The van der Waals surface area contributed by atoms with Crippen molar-refractivity contribution in [2.45, 2.75) is 70.6 Å². The van der Waals surface area contributed by atoms with Crippen LogP contribution in [0.1, 0.15) is 74.0 Å². The second-order valence-electron chi connectivity index (χ2n) is 15.2. The Bertz CT molecular complexity index is 2550. The Hall–Kier alpha value is -4.19. The van der Waals surface area contributed by atoms with Gasteiger partial charge in [0.25, 0.3) is 0 Å². The van der Waals surface area contributed by atoms with E-state index in [0.29, 0.717) is 5.56 Å². The predicted molar refractivity (Wildman–Crippen MR) is 204 cm³/mol. The Morgan fingerprint density at radius 3 is 2.40 bits per heavy atom. The van der Waals surface area contributed by atoms with Crippen LogP contribution in [0.4, 0.5) is 5.69 Å². The van der Waals surface area contributed by atoms with Crippen LogP contribution in [0.5, 0.6) is 0 Å². The number of aromatic nitrogens is 4. The van der Waals surface area contributed by atoms with Gasteiger partial charge in [0.15, 0.2) is 0 Å². The molecule has 7 aromatic rings. The van der Waals surface area contributed by atoms with Gasteiger partial charge in [-0.3, -0.25) is 9.97 Å². The van der Waals surface area contributed by atoms with Crippen LogP contribution in [-0.4, -0.2) is 40.9 Å². The Morgan fingerprint density at radius 2 is 1.66 bits per heavy atom. The minimum Gasteiger partial charge on any atom is -0.426 e. The molecule has 7 heteroatoms. The van der Waals surface area contributed by atoms with Gasteiger partial charge in [0.1, 0.15) is 0 Å². The van der Waals surface area contributed by atoms with Crippen LogP contribution in [0.2, 0.25) is 0 Å². The minimum atomic E-state index is -2.23. The van der Waals surface area contributed by atoms with E-state index < -0.39 is 6.85 Å². The number of rotatable bonds is 2. The van der Waals surface area contributed by atoms with Crippen molar-refractivity contribution in [3.8, 4) is 22.6 Å². The van der Waals surface area contributed by atoms with Crippen molar-refractivity contribution in [2.75, 3.05) is 19.0 Å². The molecule has 3 radical (unpaired) electrons. The van der Waals surface area contributed by atoms with Gasteiger partial charge < -0.3 is 13.8 Å². The van der Waals surface area contributed by atoms with Crippen molar-refractivity contribution in [3.63, 3.8) is 0 Å². The monoisotopic (exact) mass is 835 g/mol. The first kappa shape index (κ1) is 30.6. The molecule has 3 aromatic heterocycles. The fourth-order valence-corrected chi connectivity index (χ4v) is 8.42. The first-order valence-corrected chi connectivity index (χ1v) is 17.0. The molecule has 5 nitrogen and oxygen atoms in total. The van der Waals surface area contributed by atoms with Gasteiger partial charge in [-0.25, -0.2) is 0 Å². The molecule has 1 aliphatic heterocycles. The molecule has 4 aromatic carbocycles. The summed E-state index contributed by atoms with van der Waals surface area (Å²) < 4.78 is 29.1. The summed E-state index contributed by atoms with van der Waals surface area (Å²) in [5.74, 6) is 0.722. The van der Waals surface area contributed by atoms with E-state index in [4.69, 9.17) is 17.1 Å². The minimum absolute atomic E-state index is 0. The number of aryl methyl sites for hydroxylation is 1. The number of hydrogen-bond donors (Lipinski definition) is 0. The van der Waals surface area contributed by atoms with E-state index in [-0.39, 0.29) is 36.4 Å². The molecule has 0 saturated heterocycles. The van der Waals surface area contributed by atoms with E-state index in [2.05, 4.69) is 86.5 Å². The van der Waals surface area contributed by atoms with E-state index in [1.807, 2.05) is 61.5 Å². The summed E-state index contributed by atoms with van der Waals surface area (Å²) in [5.41, 5.74) is 9.68. The van der Waals surface area contributed by atoms with Gasteiger partial charge >= 0.3 is 0 Å². The quantitative estimate of drug-likeness (QED) is 0.0991. The number of benzene rings is 4. The molecule has 253 valence electrons. The van der Waals surface area contributed by atoms with Gasteiger partial charge in [-0.2, -0.15) is 0 Å². The van der Waals surface area contributed by atoms with Crippen LogP contribution in [0, 0.1) is 19.0 Å². The third-order valence-corrected chi connectivity index (χ3v) is 11.6. The van der Waals surface area contributed by atoms with Crippen LogP contribution in [0.3, 0.4) is 0 Å². The third kappa shape index (κ3) is 4.77. The smallest absolute Gasteiger partial charge is 0.222 e. The molecule has 0 saturated carbocycles. The topological polar surface area (TPSA) is 38.4 Å². The van der Waals surface area contributed by atoms with Crippen molar-refractivity contribution in [2.24, 2.45) is 0 Å². The van der Waals surface area contributed by atoms with E-state index >= 15 is 0 Å². The second kappa shape index (κ2) is 12.0. The van der Waals surface area contributed by atoms with Crippen molar-refractivity contribution in [3.05, 3.63) is 120 Å². The van der Waals surface area contributed by atoms with Crippen molar-refractivity contribution in [1.82, 2.24) is 18.8 Å². The summed E-state index contributed by atoms with van der Waals surface area (Å²) in [7, 11) is 9.72. The first-order valence-electron chi connectivity index (χ1n) is 18.5. The van der Waals surface area contributed by atoms with Crippen LogP contribution in [0.25, 0.3) is 50.0 Å². The van der Waals surface area contributed by atoms with Crippen LogP contribution >= 0.6 is 0 Å². The third-order valence-electron chi connectivity index (χ3n) is 11.6. The molecule has 50 heavy (non-hydrogen) atoms. The van der Waals surface area contributed by atoms with Gasteiger partial charge in [-0.15, -0.1) is 53.9 Å². The standard InChI is InChI=1S/C32H31N2.C11H11BN3.Ir/c1-19-15-16-24-27-25(19)20-11-7-8-12-21(20)29-33-26-22-13-9-10-14-23(22)30(2,3)17-18-32(6,31(24,4)5)28(26)34(27)29;1-14(2)10-6-4-3-5-9(10)11-13-7-8-15(11)12;/h7-11,13-16H,17-18H2,1-6H3;3-4,6-8H,1-2H3;/q2*-1;/i1D3;;. The zero-order valence-corrected chi connectivity index (χ0v) is 32.0. The summed E-state index contributed by atoms with van der Waals surface area (Å²) in [6.45, 7) is 9.55. The number of anilines is 1. The van der Waals surface area contributed by atoms with E-state index in [0.717, 1.165) is 62.9 Å². The average Bonchev–Trinajstić information content (AvgIpc) is 3.73. The van der Waals surface area contributed by atoms with Gasteiger partial charge in [0.05, 0.1) is 11.3 Å². The molecule has 0 fully saturated rings. The zero-order chi connectivity index (χ0) is 37.0. The van der Waals surface area contributed by atoms with Crippen LogP contribution in [0.15, 0.2) is 85.2 Å². The molecular weight excluding hydrogens is 790 g/mol. The summed E-state index contributed by atoms with van der Waals surface area (Å²) in [6, 6.07) is 30.9. The van der Waals surface area contributed by atoms with E-state index in [9.17, 15) is 0 Å². The number of fused-ring (bicyclic) bond motifs is 5. The fraction of sp³-hybridized carbons (Fsp3) is 0.302. The van der Waals surface area contributed by atoms with Crippen molar-refractivity contribution in [1.29, 1.82) is 0 Å². The number of nitrogens with zero attached hydrogens (tertiary/aromatic N) is 5. The summed E-state index contributed by atoms with van der Waals surface area (Å²) >= 11 is 0. The van der Waals surface area contributed by atoms with Gasteiger partial charge in [-0.05, 0) is 61.4 Å². The zero-order valence-electron chi connectivity index (χ0n) is 32.6. The Morgan fingerprint density at radius 1 is 0.900 bits per heavy atom. The molecule has 0 bridgehead atoms. The average molecular weight is 835 g/mol. The van der Waals surface area contributed by atoms with Crippen LogP contribution in [-0.2, 0) is 36.4 Å². The molecule has 1 atom stereocenters.